The SMILES string of the molecule is Cc1ccc(-n2cc(C(F)(F)F)cn2)c(CNC(C)C)c1. The highest BCUT2D eigenvalue weighted by atomic mass is 19.4. The quantitative estimate of drug-likeness (QED) is 0.932. The molecule has 0 aliphatic rings. The Hall–Kier alpha value is -1.82. The van der Waals surface area contributed by atoms with E-state index in [1.54, 1.807) is 6.07 Å². The number of nitrogens with zero attached hydrogens (tertiary/aromatic N) is 2. The van der Waals surface area contributed by atoms with Crippen LogP contribution in [-0.4, -0.2) is 15.8 Å². The molecule has 2 rings (SSSR count). The van der Waals surface area contributed by atoms with E-state index in [4.69, 9.17) is 0 Å². The van der Waals surface area contributed by atoms with Crippen LogP contribution in [0.5, 0.6) is 0 Å². The van der Waals surface area contributed by atoms with Gasteiger partial charge in [0.2, 0.25) is 0 Å². The first-order valence-corrected chi connectivity index (χ1v) is 6.72. The molecular formula is C15H18F3N3. The summed E-state index contributed by atoms with van der Waals surface area (Å²) in [6, 6.07) is 5.91. The molecule has 2 aromatic rings. The molecule has 1 heterocycles. The van der Waals surface area contributed by atoms with Crippen molar-refractivity contribution in [1.82, 2.24) is 15.1 Å². The number of benzene rings is 1. The third-order valence-electron chi connectivity index (χ3n) is 3.09. The van der Waals surface area contributed by atoms with Crippen LogP contribution in [0.2, 0.25) is 0 Å². The molecule has 0 aliphatic carbocycles. The zero-order valence-corrected chi connectivity index (χ0v) is 12.2. The molecule has 0 spiro atoms. The smallest absolute Gasteiger partial charge is 0.310 e. The lowest BCUT2D eigenvalue weighted by Gasteiger charge is -2.13. The van der Waals surface area contributed by atoms with Gasteiger partial charge in [-0.2, -0.15) is 18.3 Å². The summed E-state index contributed by atoms with van der Waals surface area (Å²) in [7, 11) is 0. The van der Waals surface area contributed by atoms with Gasteiger partial charge in [-0.05, 0) is 18.6 Å². The largest absolute Gasteiger partial charge is 0.419 e. The van der Waals surface area contributed by atoms with Crippen molar-refractivity contribution in [3.8, 4) is 5.69 Å². The second-order valence-electron chi connectivity index (χ2n) is 5.34. The fourth-order valence-electron chi connectivity index (χ4n) is 1.99. The maximum atomic E-state index is 12.7. The first-order chi connectivity index (χ1) is 9.77. The maximum Gasteiger partial charge on any atom is 0.419 e. The predicted octanol–water partition coefficient (Wildman–Crippen LogP) is 3.70. The Balaban J connectivity index is 2.36. The third kappa shape index (κ3) is 3.85. The average molecular weight is 297 g/mol. The van der Waals surface area contributed by atoms with Crippen molar-refractivity contribution in [3.63, 3.8) is 0 Å². The van der Waals surface area contributed by atoms with Gasteiger partial charge in [-0.15, -0.1) is 0 Å². The molecule has 0 atom stereocenters. The topological polar surface area (TPSA) is 29.9 Å². The highest BCUT2D eigenvalue weighted by Gasteiger charge is 2.32. The van der Waals surface area contributed by atoms with Gasteiger partial charge in [-0.3, -0.25) is 0 Å². The van der Waals surface area contributed by atoms with Gasteiger partial charge in [0.15, 0.2) is 0 Å². The second kappa shape index (κ2) is 5.89. The molecule has 0 aliphatic heterocycles. The number of aromatic nitrogens is 2. The minimum atomic E-state index is -4.38. The van der Waals surface area contributed by atoms with Crippen molar-refractivity contribution in [2.45, 2.75) is 39.5 Å². The summed E-state index contributed by atoms with van der Waals surface area (Å²) >= 11 is 0. The van der Waals surface area contributed by atoms with Crippen LogP contribution in [0.25, 0.3) is 5.69 Å². The minimum absolute atomic E-state index is 0.293. The standard InChI is InChI=1S/C15H18F3N3/c1-10(2)19-7-12-6-11(3)4-5-14(12)21-9-13(8-20-21)15(16,17)18/h4-6,8-10,19H,7H2,1-3H3. The van der Waals surface area contributed by atoms with Gasteiger partial charge < -0.3 is 5.32 Å². The summed E-state index contributed by atoms with van der Waals surface area (Å²) in [5, 5.41) is 7.11. The Bertz CT molecular complexity index is 615. The van der Waals surface area contributed by atoms with Crippen LogP contribution in [0.15, 0.2) is 30.6 Å². The van der Waals surface area contributed by atoms with Crippen molar-refractivity contribution in [2.24, 2.45) is 0 Å². The van der Waals surface area contributed by atoms with Crippen molar-refractivity contribution < 1.29 is 13.2 Å². The molecule has 114 valence electrons. The van der Waals surface area contributed by atoms with Gasteiger partial charge in [-0.25, -0.2) is 4.68 Å². The maximum absolute atomic E-state index is 12.7. The fraction of sp³-hybridized carbons (Fsp3) is 0.400. The Kier molecular flexibility index (Phi) is 4.37. The van der Waals surface area contributed by atoms with Crippen LogP contribution in [0.4, 0.5) is 13.2 Å². The highest BCUT2D eigenvalue weighted by molar-refractivity contribution is 5.43. The minimum Gasteiger partial charge on any atom is -0.310 e. The van der Waals surface area contributed by atoms with E-state index in [1.165, 1.54) is 4.68 Å². The Labute approximate surface area is 121 Å². The number of hydrogen-bond donors (Lipinski definition) is 1. The first-order valence-electron chi connectivity index (χ1n) is 6.72. The molecule has 3 nitrogen and oxygen atoms in total. The molecule has 0 bridgehead atoms. The number of aryl methyl sites for hydroxylation is 1. The molecular weight excluding hydrogens is 279 g/mol. The molecule has 0 saturated carbocycles. The van der Waals surface area contributed by atoms with E-state index >= 15 is 0 Å². The first kappa shape index (κ1) is 15.6. The third-order valence-corrected chi connectivity index (χ3v) is 3.09. The van der Waals surface area contributed by atoms with Crippen molar-refractivity contribution in [2.75, 3.05) is 0 Å². The lowest BCUT2D eigenvalue weighted by atomic mass is 10.1. The lowest BCUT2D eigenvalue weighted by Crippen LogP contribution is -2.22. The van der Waals surface area contributed by atoms with Crippen molar-refractivity contribution in [3.05, 3.63) is 47.3 Å². The van der Waals surface area contributed by atoms with E-state index < -0.39 is 11.7 Å². The molecule has 1 N–H and O–H groups in total. The molecule has 0 saturated heterocycles. The van der Waals surface area contributed by atoms with Crippen molar-refractivity contribution in [1.29, 1.82) is 0 Å². The van der Waals surface area contributed by atoms with Gasteiger partial charge in [0.25, 0.3) is 0 Å². The van der Waals surface area contributed by atoms with E-state index in [0.717, 1.165) is 23.5 Å². The van der Waals surface area contributed by atoms with E-state index in [0.29, 0.717) is 18.3 Å². The van der Waals surface area contributed by atoms with Gasteiger partial charge >= 0.3 is 6.18 Å². The second-order valence-corrected chi connectivity index (χ2v) is 5.34. The molecule has 6 heteroatoms. The zero-order valence-electron chi connectivity index (χ0n) is 12.2. The number of halogens is 3. The summed E-state index contributed by atoms with van der Waals surface area (Å²) < 4.78 is 39.3. The van der Waals surface area contributed by atoms with Crippen LogP contribution >= 0.6 is 0 Å². The van der Waals surface area contributed by atoms with Crippen LogP contribution in [0.3, 0.4) is 0 Å². The van der Waals surface area contributed by atoms with Crippen LogP contribution in [-0.2, 0) is 12.7 Å². The normalized spacial score (nSPS) is 12.1. The fourth-order valence-corrected chi connectivity index (χ4v) is 1.99. The van der Waals surface area contributed by atoms with E-state index in [2.05, 4.69) is 10.4 Å². The summed E-state index contributed by atoms with van der Waals surface area (Å²) in [6.07, 6.45) is -2.51. The molecule has 0 amide bonds. The van der Waals surface area contributed by atoms with E-state index in [-0.39, 0.29) is 0 Å². The molecule has 1 aromatic heterocycles. The Morgan fingerprint density at radius 2 is 2.00 bits per heavy atom. The summed E-state index contributed by atoms with van der Waals surface area (Å²) in [4.78, 5) is 0. The van der Waals surface area contributed by atoms with Crippen LogP contribution in [0, 0.1) is 6.92 Å². The van der Waals surface area contributed by atoms with Gasteiger partial charge in [-0.1, -0.05) is 31.5 Å². The number of hydrogen-bond acceptors (Lipinski definition) is 2. The number of alkyl halides is 3. The van der Waals surface area contributed by atoms with Crippen LogP contribution in [0.1, 0.15) is 30.5 Å². The predicted molar refractivity (Wildman–Crippen MR) is 75.3 cm³/mol. The molecule has 0 radical (unpaired) electrons. The van der Waals surface area contributed by atoms with Crippen molar-refractivity contribution >= 4 is 0 Å². The Morgan fingerprint density at radius 3 is 2.57 bits per heavy atom. The van der Waals surface area contributed by atoms with Gasteiger partial charge in [0.05, 0.1) is 17.4 Å². The van der Waals surface area contributed by atoms with E-state index in [1.807, 2.05) is 32.9 Å². The molecule has 0 unspecified atom stereocenters. The molecule has 1 aromatic carbocycles. The summed E-state index contributed by atoms with van der Waals surface area (Å²) in [6.45, 7) is 6.57. The molecule has 0 fully saturated rings. The number of nitrogens with one attached hydrogen (secondary N) is 1. The summed E-state index contributed by atoms with van der Waals surface area (Å²) in [5.41, 5.74) is 1.89. The average Bonchev–Trinajstić information content (AvgIpc) is 2.85. The monoisotopic (exact) mass is 297 g/mol. The zero-order chi connectivity index (χ0) is 15.6. The summed E-state index contributed by atoms with van der Waals surface area (Å²) in [5.74, 6) is 0. The van der Waals surface area contributed by atoms with E-state index in [9.17, 15) is 13.2 Å². The Morgan fingerprint density at radius 1 is 1.29 bits per heavy atom. The highest BCUT2D eigenvalue weighted by Crippen LogP contribution is 2.29. The van der Waals surface area contributed by atoms with Gasteiger partial charge in [0, 0.05) is 18.8 Å². The molecule has 21 heavy (non-hydrogen) atoms. The number of rotatable bonds is 4. The lowest BCUT2D eigenvalue weighted by molar-refractivity contribution is -0.137. The van der Waals surface area contributed by atoms with Crippen LogP contribution < -0.4 is 5.32 Å². The van der Waals surface area contributed by atoms with Gasteiger partial charge in [0.1, 0.15) is 0 Å².